The Morgan fingerprint density at radius 2 is 1.83 bits per heavy atom. The van der Waals surface area contributed by atoms with Crippen molar-refractivity contribution in [2.75, 3.05) is 0 Å². The van der Waals surface area contributed by atoms with Crippen LogP contribution in [0.5, 0.6) is 0 Å². The molecule has 0 aliphatic heterocycles. The van der Waals surface area contributed by atoms with Gasteiger partial charge in [-0.3, -0.25) is 0 Å². The standard InChI is InChI=1S/C16H25NS/c1-2-14(17)12-13-8-10-16(11-9-13)18-15-6-4-3-5-7-15/h8-11,14-15H,2-7,12,17H2,1H3. The van der Waals surface area contributed by atoms with Crippen molar-refractivity contribution in [3.05, 3.63) is 29.8 Å². The van der Waals surface area contributed by atoms with Gasteiger partial charge in [0.1, 0.15) is 0 Å². The zero-order valence-corrected chi connectivity index (χ0v) is 12.2. The predicted molar refractivity (Wildman–Crippen MR) is 81.1 cm³/mol. The Kier molecular flexibility index (Phi) is 5.58. The first-order chi connectivity index (χ1) is 8.78. The van der Waals surface area contributed by atoms with Crippen LogP contribution in [0.15, 0.2) is 29.2 Å². The lowest BCUT2D eigenvalue weighted by Gasteiger charge is -2.21. The van der Waals surface area contributed by atoms with E-state index in [1.54, 1.807) is 0 Å². The topological polar surface area (TPSA) is 26.0 Å². The highest BCUT2D eigenvalue weighted by molar-refractivity contribution is 8.00. The van der Waals surface area contributed by atoms with Gasteiger partial charge < -0.3 is 5.73 Å². The van der Waals surface area contributed by atoms with E-state index in [0.717, 1.165) is 18.1 Å². The van der Waals surface area contributed by atoms with E-state index in [1.807, 2.05) is 0 Å². The van der Waals surface area contributed by atoms with Gasteiger partial charge in [0.2, 0.25) is 0 Å². The maximum atomic E-state index is 5.99. The highest BCUT2D eigenvalue weighted by Crippen LogP contribution is 2.33. The summed E-state index contributed by atoms with van der Waals surface area (Å²) in [5, 5.41) is 0.850. The van der Waals surface area contributed by atoms with Gasteiger partial charge in [0, 0.05) is 16.2 Å². The summed E-state index contributed by atoms with van der Waals surface area (Å²) in [6.07, 6.45) is 9.12. The molecule has 1 aromatic rings. The van der Waals surface area contributed by atoms with Crippen LogP contribution in [-0.4, -0.2) is 11.3 Å². The van der Waals surface area contributed by atoms with Gasteiger partial charge in [-0.25, -0.2) is 0 Å². The molecule has 1 aliphatic carbocycles. The van der Waals surface area contributed by atoms with Crippen LogP contribution >= 0.6 is 11.8 Å². The number of hydrogen-bond donors (Lipinski definition) is 1. The summed E-state index contributed by atoms with van der Waals surface area (Å²) in [5.41, 5.74) is 7.36. The van der Waals surface area contributed by atoms with Crippen LogP contribution in [0.3, 0.4) is 0 Å². The van der Waals surface area contributed by atoms with Crippen molar-refractivity contribution in [2.24, 2.45) is 5.73 Å². The van der Waals surface area contributed by atoms with Crippen molar-refractivity contribution in [3.63, 3.8) is 0 Å². The maximum Gasteiger partial charge on any atom is 0.00944 e. The molecule has 1 aromatic carbocycles. The molecule has 1 atom stereocenters. The summed E-state index contributed by atoms with van der Waals surface area (Å²) in [6.45, 7) is 2.15. The van der Waals surface area contributed by atoms with Crippen LogP contribution < -0.4 is 5.73 Å². The summed E-state index contributed by atoms with van der Waals surface area (Å²) in [7, 11) is 0. The molecular formula is C16H25NS. The zero-order valence-electron chi connectivity index (χ0n) is 11.4. The molecular weight excluding hydrogens is 238 g/mol. The van der Waals surface area contributed by atoms with Gasteiger partial charge in [-0.05, 0) is 43.4 Å². The average molecular weight is 263 g/mol. The van der Waals surface area contributed by atoms with Crippen molar-refractivity contribution in [1.29, 1.82) is 0 Å². The lowest BCUT2D eigenvalue weighted by atomic mass is 10.0. The Bertz CT molecular complexity index is 341. The van der Waals surface area contributed by atoms with Crippen molar-refractivity contribution in [3.8, 4) is 0 Å². The largest absolute Gasteiger partial charge is 0.327 e. The quantitative estimate of drug-likeness (QED) is 0.852. The van der Waals surface area contributed by atoms with E-state index < -0.39 is 0 Å². The molecule has 1 nitrogen and oxygen atoms in total. The second-order valence-electron chi connectivity index (χ2n) is 5.39. The van der Waals surface area contributed by atoms with Gasteiger partial charge in [-0.1, -0.05) is 38.3 Å². The van der Waals surface area contributed by atoms with E-state index >= 15 is 0 Å². The van der Waals surface area contributed by atoms with Gasteiger partial charge >= 0.3 is 0 Å². The first-order valence-electron chi connectivity index (χ1n) is 7.29. The minimum atomic E-state index is 0.307. The lowest BCUT2D eigenvalue weighted by molar-refractivity contribution is 0.516. The fourth-order valence-corrected chi connectivity index (χ4v) is 3.77. The highest BCUT2D eigenvalue weighted by Gasteiger charge is 2.14. The van der Waals surface area contributed by atoms with E-state index in [9.17, 15) is 0 Å². The molecule has 0 amide bonds. The third kappa shape index (κ3) is 4.33. The van der Waals surface area contributed by atoms with Crippen LogP contribution in [0.25, 0.3) is 0 Å². The first kappa shape index (κ1) is 14.0. The van der Waals surface area contributed by atoms with Gasteiger partial charge in [0.15, 0.2) is 0 Å². The first-order valence-corrected chi connectivity index (χ1v) is 8.17. The number of hydrogen-bond acceptors (Lipinski definition) is 2. The number of thioether (sulfide) groups is 1. The molecule has 1 saturated carbocycles. The van der Waals surface area contributed by atoms with Crippen molar-refractivity contribution in [2.45, 2.75) is 68.1 Å². The second kappa shape index (κ2) is 7.20. The fraction of sp³-hybridized carbons (Fsp3) is 0.625. The Hall–Kier alpha value is -0.470. The Labute approximate surface area is 116 Å². The summed E-state index contributed by atoms with van der Waals surface area (Å²) in [6, 6.07) is 9.36. The molecule has 2 N–H and O–H groups in total. The lowest BCUT2D eigenvalue weighted by Crippen LogP contribution is -2.21. The molecule has 18 heavy (non-hydrogen) atoms. The molecule has 0 aromatic heterocycles. The molecule has 2 rings (SSSR count). The number of rotatable bonds is 5. The normalized spacial score (nSPS) is 18.8. The van der Waals surface area contributed by atoms with E-state index in [1.165, 1.54) is 42.6 Å². The Balaban J connectivity index is 1.86. The van der Waals surface area contributed by atoms with Crippen LogP contribution in [0.4, 0.5) is 0 Å². The van der Waals surface area contributed by atoms with Crippen LogP contribution in [0.1, 0.15) is 51.0 Å². The maximum absolute atomic E-state index is 5.99. The molecule has 1 aliphatic rings. The molecule has 1 fully saturated rings. The zero-order chi connectivity index (χ0) is 12.8. The minimum absolute atomic E-state index is 0.307. The molecule has 2 heteroatoms. The Morgan fingerprint density at radius 3 is 2.44 bits per heavy atom. The van der Waals surface area contributed by atoms with Crippen molar-refractivity contribution in [1.82, 2.24) is 0 Å². The van der Waals surface area contributed by atoms with Crippen LogP contribution in [0, 0.1) is 0 Å². The number of nitrogens with two attached hydrogens (primary N) is 1. The highest BCUT2D eigenvalue weighted by atomic mass is 32.2. The van der Waals surface area contributed by atoms with Gasteiger partial charge in [-0.2, -0.15) is 0 Å². The monoisotopic (exact) mass is 263 g/mol. The molecule has 100 valence electrons. The summed E-state index contributed by atoms with van der Waals surface area (Å²) >= 11 is 2.07. The Morgan fingerprint density at radius 1 is 1.17 bits per heavy atom. The third-order valence-corrected chi connectivity index (χ3v) is 5.15. The summed E-state index contributed by atoms with van der Waals surface area (Å²) < 4.78 is 0. The smallest absolute Gasteiger partial charge is 0.00944 e. The fourth-order valence-electron chi connectivity index (χ4n) is 2.53. The SMILES string of the molecule is CCC(N)Cc1ccc(SC2CCCCC2)cc1. The van der Waals surface area contributed by atoms with E-state index in [0.29, 0.717) is 6.04 Å². The molecule has 0 heterocycles. The third-order valence-electron chi connectivity index (χ3n) is 3.80. The molecule has 0 saturated heterocycles. The van der Waals surface area contributed by atoms with Crippen molar-refractivity contribution < 1.29 is 0 Å². The van der Waals surface area contributed by atoms with Gasteiger partial charge in [0.25, 0.3) is 0 Å². The second-order valence-corrected chi connectivity index (χ2v) is 6.77. The molecule has 0 spiro atoms. The van der Waals surface area contributed by atoms with Crippen LogP contribution in [-0.2, 0) is 6.42 Å². The van der Waals surface area contributed by atoms with Crippen LogP contribution in [0.2, 0.25) is 0 Å². The van der Waals surface area contributed by atoms with E-state index in [2.05, 4.69) is 43.0 Å². The predicted octanol–water partition coefficient (Wildman–Crippen LogP) is 4.39. The summed E-state index contributed by atoms with van der Waals surface area (Å²) in [4.78, 5) is 1.43. The van der Waals surface area contributed by atoms with E-state index in [-0.39, 0.29) is 0 Å². The molecule has 1 unspecified atom stereocenters. The van der Waals surface area contributed by atoms with Gasteiger partial charge in [-0.15, -0.1) is 11.8 Å². The van der Waals surface area contributed by atoms with E-state index in [4.69, 9.17) is 5.73 Å². The molecule has 0 radical (unpaired) electrons. The number of benzene rings is 1. The summed E-state index contributed by atoms with van der Waals surface area (Å²) in [5.74, 6) is 0. The van der Waals surface area contributed by atoms with Gasteiger partial charge in [0.05, 0.1) is 0 Å². The molecule has 0 bridgehead atoms. The minimum Gasteiger partial charge on any atom is -0.327 e. The van der Waals surface area contributed by atoms with Crippen molar-refractivity contribution >= 4 is 11.8 Å². The average Bonchev–Trinajstić information content (AvgIpc) is 2.42.